The third-order valence-electron chi connectivity index (χ3n) is 3.53. The van der Waals surface area contributed by atoms with Gasteiger partial charge >= 0.3 is 0 Å². The van der Waals surface area contributed by atoms with E-state index in [2.05, 4.69) is 6.07 Å². The highest BCUT2D eigenvalue weighted by atomic mass is 35.5. The molecular weight excluding hydrogens is 310 g/mol. The first-order chi connectivity index (χ1) is 11.1. The molecule has 0 spiro atoms. The van der Waals surface area contributed by atoms with Gasteiger partial charge in [0.25, 0.3) is 0 Å². The van der Waals surface area contributed by atoms with Gasteiger partial charge in [-0.2, -0.15) is 5.26 Å². The largest absolute Gasteiger partial charge is 0.366 e. The number of amides is 1. The van der Waals surface area contributed by atoms with Crippen molar-refractivity contribution in [2.45, 2.75) is 0 Å². The van der Waals surface area contributed by atoms with Gasteiger partial charge in [0.05, 0.1) is 5.56 Å². The first-order valence-electron chi connectivity index (χ1n) is 6.87. The Kier molecular flexibility index (Phi) is 3.88. The van der Waals surface area contributed by atoms with Crippen LogP contribution in [0, 0.1) is 11.3 Å². The van der Waals surface area contributed by atoms with E-state index in [0.29, 0.717) is 16.1 Å². The minimum atomic E-state index is -0.471. The van der Waals surface area contributed by atoms with E-state index >= 15 is 0 Å². The molecule has 1 amide bonds. The Morgan fingerprint density at radius 1 is 1.13 bits per heavy atom. The van der Waals surface area contributed by atoms with Crippen molar-refractivity contribution in [3.05, 3.63) is 77.1 Å². The minimum Gasteiger partial charge on any atom is -0.366 e. The summed E-state index contributed by atoms with van der Waals surface area (Å²) in [5.41, 5.74) is 8.74. The van der Waals surface area contributed by atoms with E-state index in [4.69, 9.17) is 17.3 Å². The van der Waals surface area contributed by atoms with Gasteiger partial charge in [-0.05, 0) is 42.0 Å². The van der Waals surface area contributed by atoms with Crippen molar-refractivity contribution in [2.75, 3.05) is 0 Å². The number of hydrogen-bond donors (Lipinski definition) is 1. The molecule has 0 saturated heterocycles. The van der Waals surface area contributed by atoms with Crippen LogP contribution in [0.5, 0.6) is 0 Å². The first kappa shape index (κ1) is 14.9. The van der Waals surface area contributed by atoms with E-state index in [1.54, 1.807) is 36.5 Å². The van der Waals surface area contributed by atoms with Crippen LogP contribution in [0.3, 0.4) is 0 Å². The number of nitriles is 1. The van der Waals surface area contributed by atoms with Crippen LogP contribution in [0.25, 0.3) is 16.8 Å². The molecule has 3 rings (SSSR count). The number of benzene rings is 2. The fourth-order valence-electron chi connectivity index (χ4n) is 2.38. The zero-order chi connectivity index (χ0) is 16.4. The molecule has 0 fully saturated rings. The maximum absolute atomic E-state index is 11.1. The summed E-state index contributed by atoms with van der Waals surface area (Å²) in [6, 6.07) is 16.4. The third kappa shape index (κ3) is 2.96. The highest BCUT2D eigenvalue weighted by Crippen LogP contribution is 2.28. The van der Waals surface area contributed by atoms with E-state index in [-0.39, 0.29) is 0 Å². The van der Waals surface area contributed by atoms with Gasteiger partial charge in [0.2, 0.25) is 5.91 Å². The summed E-state index contributed by atoms with van der Waals surface area (Å²) < 4.78 is 1.83. The van der Waals surface area contributed by atoms with Crippen LogP contribution in [0.4, 0.5) is 0 Å². The van der Waals surface area contributed by atoms with Crippen LogP contribution < -0.4 is 5.73 Å². The maximum atomic E-state index is 11.1. The van der Waals surface area contributed by atoms with Crippen molar-refractivity contribution in [1.29, 1.82) is 5.26 Å². The molecule has 0 saturated carbocycles. The van der Waals surface area contributed by atoms with Crippen molar-refractivity contribution in [2.24, 2.45) is 5.73 Å². The van der Waals surface area contributed by atoms with E-state index < -0.39 is 5.91 Å². The lowest BCUT2D eigenvalue weighted by Crippen LogP contribution is -2.10. The molecule has 4 nitrogen and oxygen atoms in total. The summed E-state index contributed by atoms with van der Waals surface area (Å²) in [7, 11) is 0. The molecule has 2 N–H and O–H groups in total. The Bertz CT molecular complexity index is 920. The number of nitrogens with two attached hydrogens (primary N) is 1. The Labute approximate surface area is 138 Å². The molecule has 1 aromatic heterocycles. The molecule has 2 aromatic carbocycles. The quantitative estimate of drug-likeness (QED) is 0.797. The van der Waals surface area contributed by atoms with Gasteiger partial charge in [0.15, 0.2) is 0 Å². The molecule has 112 valence electrons. The molecule has 0 atom stereocenters. The summed E-state index contributed by atoms with van der Waals surface area (Å²) in [5, 5.41) is 9.98. The summed E-state index contributed by atoms with van der Waals surface area (Å²) in [6.07, 6.45) is 3.61. The van der Waals surface area contributed by atoms with E-state index in [1.165, 1.54) is 0 Å². The average Bonchev–Trinajstić information content (AvgIpc) is 2.99. The highest BCUT2D eigenvalue weighted by Gasteiger charge is 2.10. The normalized spacial score (nSPS) is 10.3. The molecular formula is C18H12ClN3O. The van der Waals surface area contributed by atoms with Crippen LogP contribution in [0.15, 0.2) is 60.9 Å². The monoisotopic (exact) mass is 321 g/mol. The Balaban J connectivity index is 2.05. The predicted octanol–water partition coefficient (Wildman–Crippen LogP) is 3.77. The Hall–Kier alpha value is -3.03. The van der Waals surface area contributed by atoms with Crippen molar-refractivity contribution in [1.82, 2.24) is 4.57 Å². The minimum absolute atomic E-state index is 0.441. The number of carbonyl (C=O) groups excluding carboxylic acids is 1. The zero-order valence-electron chi connectivity index (χ0n) is 12.0. The second kappa shape index (κ2) is 5.99. The van der Waals surface area contributed by atoms with E-state index in [0.717, 1.165) is 16.8 Å². The molecule has 3 aromatic rings. The second-order valence-corrected chi connectivity index (χ2v) is 5.46. The summed E-state index contributed by atoms with van der Waals surface area (Å²) in [5.74, 6) is -0.471. The van der Waals surface area contributed by atoms with Crippen molar-refractivity contribution in [3.8, 4) is 22.9 Å². The Morgan fingerprint density at radius 3 is 2.48 bits per heavy atom. The van der Waals surface area contributed by atoms with Crippen LogP contribution in [-0.4, -0.2) is 10.5 Å². The molecule has 0 aliphatic carbocycles. The lowest BCUT2D eigenvalue weighted by atomic mass is 10.1. The lowest BCUT2D eigenvalue weighted by molar-refractivity contribution is 0.100. The molecule has 0 aliphatic rings. The number of halogens is 1. The van der Waals surface area contributed by atoms with Crippen LogP contribution in [0.2, 0.25) is 5.02 Å². The number of carbonyl (C=O) groups is 1. The smallest absolute Gasteiger partial charge is 0.248 e. The van der Waals surface area contributed by atoms with Gasteiger partial charge in [-0.15, -0.1) is 0 Å². The summed E-state index contributed by atoms with van der Waals surface area (Å²) in [4.78, 5) is 11.1. The third-order valence-corrected chi connectivity index (χ3v) is 3.77. The van der Waals surface area contributed by atoms with Gasteiger partial charge in [0.1, 0.15) is 6.07 Å². The zero-order valence-corrected chi connectivity index (χ0v) is 12.8. The molecule has 23 heavy (non-hydrogen) atoms. The average molecular weight is 322 g/mol. The van der Waals surface area contributed by atoms with Gasteiger partial charge in [0, 0.05) is 34.2 Å². The molecule has 1 heterocycles. The maximum Gasteiger partial charge on any atom is 0.248 e. The van der Waals surface area contributed by atoms with Crippen molar-refractivity contribution >= 4 is 17.5 Å². The number of primary amides is 1. The van der Waals surface area contributed by atoms with Crippen LogP contribution in [-0.2, 0) is 0 Å². The van der Waals surface area contributed by atoms with Crippen LogP contribution in [0.1, 0.15) is 15.9 Å². The van der Waals surface area contributed by atoms with E-state index in [9.17, 15) is 10.1 Å². The fraction of sp³-hybridized carbons (Fsp3) is 0. The number of nitrogens with zero attached hydrogens (tertiary/aromatic N) is 2. The molecule has 0 aliphatic heterocycles. The first-order valence-corrected chi connectivity index (χ1v) is 7.24. The van der Waals surface area contributed by atoms with Gasteiger partial charge in [-0.25, -0.2) is 0 Å². The summed E-state index contributed by atoms with van der Waals surface area (Å²) in [6.45, 7) is 0. The fourth-order valence-corrected chi connectivity index (χ4v) is 2.57. The number of aromatic nitrogens is 1. The lowest BCUT2D eigenvalue weighted by Gasteiger charge is -2.03. The molecule has 0 radical (unpaired) electrons. The SMILES string of the molecule is N#Cc1cn(-c2ccc(C(N)=O)cc2)cc1-c1cccc(Cl)c1. The standard InChI is InChI=1S/C18H12ClN3O/c19-15-3-1-2-13(8-15)17-11-22(10-14(17)9-20)16-6-4-12(5-7-16)18(21)23/h1-8,10-11H,(H2,21,23). The number of hydrogen-bond acceptors (Lipinski definition) is 2. The summed E-state index contributed by atoms with van der Waals surface area (Å²) >= 11 is 6.03. The number of rotatable bonds is 3. The van der Waals surface area contributed by atoms with Gasteiger partial charge in [-0.3, -0.25) is 4.79 Å². The van der Waals surface area contributed by atoms with Crippen molar-refractivity contribution in [3.63, 3.8) is 0 Å². The predicted molar refractivity (Wildman–Crippen MR) is 89.4 cm³/mol. The highest BCUT2D eigenvalue weighted by molar-refractivity contribution is 6.30. The van der Waals surface area contributed by atoms with Crippen molar-refractivity contribution < 1.29 is 4.79 Å². The molecule has 5 heteroatoms. The molecule has 0 bridgehead atoms. The van der Waals surface area contributed by atoms with Crippen LogP contribution >= 0.6 is 11.6 Å². The van der Waals surface area contributed by atoms with Gasteiger partial charge < -0.3 is 10.3 Å². The van der Waals surface area contributed by atoms with Gasteiger partial charge in [-0.1, -0.05) is 23.7 Å². The second-order valence-electron chi connectivity index (χ2n) is 5.03. The topological polar surface area (TPSA) is 71.8 Å². The molecule has 0 unspecified atom stereocenters. The Morgan fingerprint density at radius 2 is 1.87 bits per heavy atom. The van der Waals surface area contributed by atoms with E-state index in [1.807, 2.05) is 29.0 Å².